The number of nitrogens with zero attached hydrogens (tertiary/aromatic N) is 2. The molecule has 0 unspecified atom stereocenters. The average molecular weight is 415 g/mol. The van der Waals surface area contributed by atoms with Crippen LogP contribution in [0.1, 0.15) is 54.6 Å². The van der Waals surface area contributed by atoms with Crippen LogP contribution in [0.3, 0.4) is 0 Å². The van der Waals surface area contributed by atoms with Gasteiger partial charge in [-0.1, -0.05) is 44.2 Å². The molecule has 0 saturated carbocycles. The van der Waals surface area contributed by atoms with E-state index in [0.29, 0.717) is 5.92 Å². The fraction of sp³-hybridized carbons (Fsp3) is 0.231. The second-order valence-corrected chi connectivity index (χ2v) is 9.45. The lowest BCUT2D eigenvalue weighted by molar-refractivity contribution is 0.0783. The first-order valence-corrected chi connectivity index (χ1v) is 11.0. The normalized spacial score (nSPS) is 12.3. The Morgan fingerprint density at radius 1 is 1.00 bits per heavy atom. The largest absolute Gasteiger partial charge is 0.383 e. The molecule has 3 nitrogen and oxygen atoms in total. The first kappa shape index (κ1) is 20.5. The maximum absolute atomic E-state index is 10.1. The third kappa shape index (κ3) is 4.35. The maximum Gasteiger partial charge on any atom is 0.124 e. The number of fused-ring (bicyclic) bond motifs is 1. The predicted octanol–water partition coefficient (Wildman–Crippen LogP) is 6.88. The van der Waals surface area contributed by atoms with Crippen molar-refractivity contribution in [3.8, 4) is 11.1 Å². The highest BCUT2D eigenvalue weighted by Gasteiger charge is 2.19. The van der Waals surface area contributed by atoms with Crippen LogP contribution >= 0.6 is 11.3 Å². The summed E-state index contributed by atoms with van der Waals surface area (Å²) in [6.07, 6.45) is 7.80. The van der Waals surface area contributed by atoms with Crippen LogP contribution in [0, 0.1) is 0 Å². The first-order valence-electron chi connectivity index (χ1n) is 10.2. The Bertz CT molecular complexity index is 1220. The molecule has 2 heterocycles. The molecule has 0 radical (unpaired) electrons. The van der Waals surface area contributed by atoms with E-state index in [2.05, 4.69) is 72.4 Å². The summed E-state index contributed by atoms with van der Waals surface area (Å²) < 4.78 is 0. The Hall–Kier alpha value is -2.82. The molecule has 2 aromatic carbocycles. The van der Waals surface area contributed by atoms with E-state index in [1.165, 1.54) is 22.3 Å². The van der Waals surface area contributed by atoms with Gasteiger partial charge in [0.25, 0.3) is 0 Å². The second kappa shape index (κ2) is 8.13. The molecule has 4 heteroatoms. The number of aliphatic hydroxyl groups is 1. The fourth-order valence-corrected chi connectivity index (χ4v) is 4.22. The van der Waals surface area contributed by atoms with Crippen molar-refractivity contribution in [3.63, 3.8) is 0 Å². The van der Waals surface area contributed by atoms with Gasteiger partial charge in [0.1, 0.15) is 10.6 Å². The zero-order chi connectivity index (χ0) is 21.3. The molecule has 0 amide bonds. The van der Waals surface area contributed by atoms with Crippen LogP contribution in [0.25, 0.3) is 34.2 Å². The molecule has 0 spiro atoms. The third-order valence-corrected chi connectivity index (χ3v) is 6.35. The molecule has 0 aliphatic rings. The quantitative estimate of drug-likeness (QED) is 0.387. The molecule has 4 rings (SSSR count). The van der Waals surface area contributed by atoms with Crippen molar-refractivity contribution >= 4 is 34.4 Å². The van der Waals surface area contributed by atoms with Crippen molar-refractivity contribution in [2.75, 3.05) is 0 Å². The molecule has 0 atom stereocenters. The summed E-state index contributed by atoms with van der Waals surface area (Å²) in [5, 5.41) is 12.0. The van der Waals surface area contributed by atoms with Gasteiger partial charge >= 0.3 is 0 Å². The molecule has 0 fully saturated rings. The van der Waals surface area contributed by atoms with Gasteiger partial charge in [-0.15, -0.1) is 11.3 Å². The monoisotopic (exact) mass is 414 g/mol. The van der Waals surface area contributed by atoms with Gasteiger partial charge in [0.2, 0.25) is 0 Å². The standard InChI is InChI=1S/C26H26N2OS/c1-17(2)21-14-20-9-6-12-27-24(20)23(15-21)19-8-5-7-18(13-19)10-11-22-16-28-25(30-22)26(3,4)29/h5-17,29H,1-4H3/b11-10+. The van der Waals surface area contributed by atoms with Gasteiger partial charge in [-0.2, -0.15) is 0 Å². The minimum absolute atomic E-state index is 0.452. The van der Waals surface area contributed by atoms with E-state index in [9.17, 15) is 5.11 Å². The van der Waals surface area contributed by atoms with Crippen molar-refractivity contribution in [1.82, 2.24) is 9.97 Å². The molecule has 0 aliphatic carbocycles. The Morgan fingerprint density at radius 2 is 1.83 bits per heavy atom. The van der Waals surface area contributed by atoms with Gasteiger partial charge in [0, 0.05) is 28.2 Å². The highest BCUT2D eigenvalue weighted by Crippen LogP contribution is 2.32. The molecule has 0 saturated heterocycles. The minimum atomic E-state index is -0.911. The van der Waals surface area contributed by atoms with Crippen LogP contribution in [0.2, 0.25) is 0 Å². The lowest BCUT2D eigenvalue weighted by Crippen LogP contribution is -2.14. The van der Waals surface area contributed by atoms with Crippen LogP contribution in [-0.4, -0.2) is 15.1 Å². The van der Waals surface area contributed by atoms with E-state index in [-0.39, 0.29) is 0 Å². The number of rotatable bonds is 5. The summed E-state index contributed by atoms with van der Waals surface area (Å²) in [6.45, 7) is 7.95. The first-order chi connectivity index (χ1) is 14.3. The van der Waals surface area contributed by atoms with Gasteiger partial charge in [-0.05, 0) is 66.8 Å². The van der Waals surface area contributed by atoms with E-state index in [4.69, 9.17) is 0 Å². The molecule has 4 aromatic rings. The van der Waals surface area contributed by atoms with E-state index in [1.807, 2.05) is 24.5 Å². The molecule has 0 aliphatic heterocycles. The molecule has 30 heavy (non-hydrogen) atoms. The van der Waals surface area contributed by atoms with Gasteiger partial charge in [0.15, 0.2) is 0 Å². The number of hydrogen-bond donors (Lipinski definition) is 1. The van der Waals surface area contributed by atoms with Crippen LogP contribution in [0.5, 0.6) is 0 Å². The maximum atomic E-state index is 10.1. The third-order valence-electron chi connectivity index (χ3n) is 5.08. The average Bonchev–Trinajstić information content (AvgIpc) is 3.21. The van der Waals surface area contributed by atoms with Crippen molar-refractivity contribution < 1.29 is 5.11 Å². The smallest absolute Gasteiger partial charge is 0.124 e. The summed E-state index contributed by atoms with van der Waals surface area (Å²) in [5.41, 5.74) is 4.87. The number of aromatic nitrogens is 2. The van der Waals surface area contributed by atoms with Crippen molar-refractivity contribution in [3.05, 3.63) is 81.9 Å². The van der Waals surface area contributed by atoms with Crippen LogP contribution in [-0.2, 0) is 5.60 Å². The van der Waals surface area contributed by atoms with E-state index >= 15 is 0 Å². The summed E-state index contributed by atoms with van der Waals surface area (Å²) in [4.78, 5) is 10.0. The lowest BCUT2D eigenvalue weighted by Gasteiger charge is -2.12. The SMILES string of the molecule is CC(C)c1cc(-c2cccc(/C=C/c3cnc(C(C)(C)O)s3)c2)c2ncccc2c1. The van der Waals surface area contributed by atoms with Gasteiger partial charge in [-0.3, -0.25) is 4.98 Å². The highest BCUT2D eigenvalue weighted by molar-refractivity contribution is 7.12. The highest BCUT2D eigenvalue weighted by atomic mass is 32.1. The van der Waals surface area contributed by atoms with Crippen LogP contribution in [0.4, 0.5) is 0 Å². The summed E-state index contributed by atoms with van der Waals surface area (Å²) in [5.74, 6) is 0.452. The minimum Gasteiger partial charge on any atom is -0.383 e. The molecular weight excluding hydrogens is 388 g/mol. The van der Waals surface area contributed by atoms with Crippen molar-refractivity contribution in [2.24, 2.45) is 0 Å². The Morgan fingerprint density at radius 3 is 2.57 bits per heavy atom. The Balaban J connectivity index is 1.71. The lowest BCUT2D eigenvalue weighted by atomic mass is 9.93. The molecule has 0 bridgehead atoms. The predicted molar refractivity (Wildman–Crippen MR) is 128 cm³/mol. The molecule has 2 aromatic heterocycles. The molecule has 152 valence electrons. The summed E-state index contributed by atoms with van der Waals surface area (Å²) in [6, 6.07) is 17.1. The van der Waals surface area contributed by atoms with Crippen molar-refractivity contribution in [2.45, 2.75) is 39.2 Å². The van der Waals surface area contributed by atoms with Gasteiger partial charge in [-0.25, -0.2) is 4.98 Å². The number of benzene rings is 2. The second-order valence-electron chi connectivity index (χ2n) is 8.38. The van der Waals surface area contributed by atoms with Crippen LogP contribution in [0.15, 0.2) is 60.9 Å². The Labute approximate surface area is 181 Å². The van der Waals surface area contributed by atoms with E-state index in [0.717, 1.165) is 32.1 Å². The zero-order valence-corrected chi connectivity index (χ0v) is 18.6. The topological polar surface area (TPSA) is 46.0 Å². The van der Waals surface area contributed by atoms with Gasteiger partial charge < -0.3 is 5.11 Å². The van der Waals surface area contributed by atoms with E-state index < -0.39 is 5.60 Å². The number of pyridine rings is 1. The summed E-state index contributed by atoms with van der Waals surface area (Å²) >= 11 is 1.51. The Kier molecular flexibility index (Phi) is 5.54. The number of thiazole rings is 1. The van der Waals surface area contributed by atoms with Crippen molar-refractivity contribution in [1.29, 1.82) is 0 Å². The number of hydrogen-bond acceptors (Lipinski definition) is 4. The van der Waals surface area contributed by atoms with Gasteiger partial charge in [0.05, 0.1) is 5.52 Å². The fourth-order valence-electron chi connectivity index (χ4n) is 3.40. The zero-order valence-electron chi connectivity index (χ0n) is 17.8. The molecule has 1 N–H and O–H groups in total. The van der Waals surface area contributed by atoms with E-state index in [1.54, 1.807) is 13.8 Å². The van der Waals surface area contributed by atoms with Crippen LogP contribution < -0.4 is 0 Å². The summed E-state index contributed by atoms with van der Waals surface area (Å²) in [7, 11) is 0. The molecular formula is C26H26N2OS.